The van der Waals surface area contributed by atoms with Crippen molar-refractivity contribution in [2.45, 2.75) is 12.5 Å². The van der Waals surface area contributed by atoms with E-state index in [1.165, 1.54) is 7.11 Å². The van der Waals surface area contributed by atoms with Gasteiger partial charge in [-0.15, -0.1) is 0 Å². The summed E-state index contributed by atoms with van der Waals surface area (Å²) in [6, 6.07) is 13.0. The molecular formula is C18H17N3O4. The number of fused-ring (bicyclic) bond motifs is 1. The monoisotopic (exact) mass is 339 g/mol. The van der Waals surface area contributed by atoms with E-state index in [2.05, 4.69) is 16.0 Å². The minimum Gasteiger partial charge on any atom is -0.496 e. The normalized spacial score (nSPS) is 15.4. The van der Waals surface area contributed by atoms with Gasteiger partial charge in [-0.2, -0.15) is 0 Å². The number of imide groups is 1. The van der Waals surface area contributed by atoms with E-state index in [1.807, 2.05) is 6.07 Å². The number of ether oxygens (including phenoxy) is 1. The van der Waals surface area contributed by atoms with Gasteiger partial charge < -0.3 is 15.4 Å². The first-order valence-corrected chi connectivity index (χ1v) is 7.72. The van der Waals surface area contributed by atoms with E-state index in [0.717, 1.165) is 5.69 Å². The maximum atomic E-state index is 12.2. The van der Waals surface area contributed by atoms with Gasteiger partial charge in [0.25, 0.3) is 5.91 Å². The van der Waals surface area contributed by atoms with Crippen LogP contribution in [-0.2, 0) is 9.59 Å². The van der Waals surface area contributed by atoms with Crippen LogP contribution in [0.2, 0.25) is 0 Å². The highest BCUT2D eigenvalue weighted by Gasteiger charge is 2.28. The zero-order valence-corrected chi connectivity index (χ0v) is 13.5. The molecule has 2 aromatic carbocycles. The second-order valence-corrected chi connectivity index (χ2v) is 5.51. The summed E-state index contributed by atoms with van der Waals surface area (Å²) in [5.74, 6) is -1.07. The van der Waals surface area contributed by atoms with E-state index in [1.54, 1.807) is 42.5 Å². The lowest BCUT2D eigenvalue weighted by Crippen LogP contribution is -2.43. The summed E-state index contributed by atoms with van der Waals surface area (Å²) in [4.78, 5) is 36.5. The van der Waals surface area contributed by atoms with Crippen molar-refractivity contribution < 1.29 is 19.1 Å². The molecule has 1 aliphatic heterocycles. The number of hydrogen-bond acceptors (Lipinski definition) is 5. The summed E-state index contributed by atoms with van der Waals surface area (Å²) in [5, 5.41) is 8.02. The van der Waals surface area contributed by atoms with Crippen LogP contribution < -0.4 is 20.7 Å². The average Bonchev–Trinajstić information content (AvgIpc) is 2.62. The average molecular weight is 339 g/mol. The van der Waals surface area contributed by atoms with Crippen molar-refractivity contribution in [1.29, 1.82) is 0 Å². The number of hydrogen-bond donors (Lipinski definition) is 3. The molecule has 0 radical (unpaired) electrons. The molecule has 1 heterocycles. The van der Waals surface area contributed by atoms with Crippen LogP contribution >= 0.6 is 0 Å². The number of anilines is 2. The zero-order chi connectivity index (χ0) is 17.8. The van der Waals surface area contributed by atoms with Crippen molar-refractivity contribution in [2.24, 2.45) is 0 Å². The number of nitrogens with one attached hydrogen (secondary N) is 3. The van der Waals surface area contributed by atoms with Crippen LogP contribution in [-0.4, -0.2) is 30.9 Å². The maximum absolute atomic E-state index is 12.2. The molecular weight excluding hydrogens is 322 g/mol. The predicted molar refractivity (Wildman–Crippen MR) is 92.6 cm³/mol. The Morgan fingerprint density at radius 3 is 2.52 bits per heavy atom. The molecule has 0 saturated carbocycles. The third-order valence-electron chi connectivity index (χ3n) is 3.83. The minimum absolute atomic E-state index is 0.166. The first-order valence-electron chi connectivity index (χ1n) is 7.72. The Morgan fingerprint density at radius 1 is 1.08 bits per heavy atom. The third kappa shape index (κ3) is 3.60. The van der Waals surface area contributed by atoms with Crippen molar-refractivity contribution in [3.8, 4) is 5.75 Å². The van der Waals surface area contributed by atoms with Gasteiger partial charge in [-0.3, -0.25) is 19.7 Å². The summed E-state index contributed by atoms with van der Waals surface area (Å²) in [6.45, 7) is 0. The van der Waals surface area contributed by atoms with Gasteiger partial charge in [-0.05, 0) is 24.3 Å². The highest BCUT2D eigenvalue weighted by atomic mass is 16.5. The molecule has 7 heteroatoms. The van der Waals surface area contributed by atoms with Gasteiger partial charge in [0.15, 0.2) is 0 Å². The van der Waals surface area contributed by atoms with Crippen molar-refractivity contribution in [1.82, 2.24) is 5.32 Å². The molecule has 3 amide bonds. The largest absolute Gasteiger partial charge is 0.496 e. The van der Waals surface area contributed by atoms with E-state index in [9.17, 15) is 14.4 Å². The standard InChI is InChI=1S/C18H17N3O4/c1-25-15-9-5-2-6-11(15)17(23)21-16(22)10-14-18(24)20-13-8-4-3-7-12(13)19-14/h2-9,14,19H,10H2,1H3,(H,20,24)(H,21,22,23). The lowest BCUT2D eigenvalue weighted by atomic mass is 10.1. The van der Waals surface area contributed by atoms with Crippen LogP contribution in [0.5, 0.6) is 5.75 Å². The molecule has 128 valence electrons. The number of amides is 3. The van der Waals surface area contributed by atoms with E-state index < -0.39 is 17.9 Å². The predicted octanol–water partition coefficient (Wildman–Crippen LogP) is 1.77. The number of methoxy groups -OCH3 is 1. The summed E-state index contributed by atoms with van der Waals surface area (Å²) >= 11 is 0. The van der Waals surface area contributed by atoms with E-state index in [-0.39, 0.29) is 17.9 Å². The zero-order valence-electron chi connectivity index (χ0n) is 13.5. The molecule has 7 nitrogen and oxygen atoms in total. The summed E-state index contributed by atoms with van der Waals surface area (Å²) in [6.07, 6.45) is -0.166. The molecule has 0 saturated heterocycles. The van der Waals surface area contributed by atoms with Crippen molar-refractivity contribution in [2.75, 3.05) is 17.7 Å². The van der Waals surface area contributed by atoms with Crippen molar-refractivity contribution in [3.63, 3.8) is 0 Å². The van der Waals surface area contributed by atoms with Crippen LogP contribution in [0.25, 0.3) is 0 Å². The number of benzene rings is 2. The molecule has 0 aromatic heterocycles. The Hall–Kier alpha value is -3.35. The van der Waals surface area contributed by atoms with E-state index >= 15 is 0 Å². The molecule has 3 rings (SSSR count). The fourth-order valence-corrected chi connectivity index (χ4v) is 2.60. The number of rotatable bonds is 4. The Kier molecular flexibility index (Phi) is 4.65. The minimum atomic E-state index is -0.750. The summed E-state index contributed by atoms with van der Waals surface area (Å²) in [7, 11) is 1.45. The van der Waals surface area contributed by atoms with E-state index in [0.29, 0.717) is 11.4 Å². The van der Waals surface area contributed by atoms with Gasteiger partial charge in [0.1, 0.15) is 11.8 Å². The van der Waals surface area contributed by atoms with E-state index in [4.69, 9.17) is 4.74 Å². The lowest BCUT2D eigenvalue weighted by molar-refractivity contribution is -0.124. The van der Waals surface area contributed by atoms with Gasteiger partial charge in [-0.25, -0.2) is 0 Å². The SMILES string of the molecule is COc1ccccc1C(=O)NC(=O)CC1Nc2ccccc2NC1=O. The van der Waals surface area contributed by atoms with Gasteiger partial charge in [0.2, 0.25) is 11.8 Å². The molecule has 0 spiro atoms. The molecule has 0 fully saturated rings. The number of para-hydroxylation sites is 3. The molecule has 25 heavy (non-hydrogen) atoms. The second kappa shape index (κ2) is 7.04. The molecule has 2 aromatic rings. The van der Waals surface area contributed by atoms with Gasteiger partial charge in [-0.1, -0.05) is 24.3 Å². The van der Waals surface area contributed by atoms with Gasteiger partial charge >= 0.3 is 0 Å². The summed E-state index contributed by atoms with van der Waals surface area (Å²) in [5.41, 5.74) is 1.65. The van der Waals surface area contributed by atoms with Crippen LogP contribution in [0.4, 0.5) is 11.4 Å². The molecule has 3 N–H and O–H groups in total. The Labute approximate surface area is 144 Å². The molecule has 1 atom stereocenters. The molecule has 1 unspecified atom stereocenters. The Morgan fingerprint density at radius 2 is 1.76 bits per heavy atom. The number of carbonyl (C=O) groups is 3. The van der Waals surface area contributed by atoms with Crippen LogP contribution in [0.15, 0.2) is 48.5 Å². The molecule has 0 bridgehead atoms. The van der Waals surface area contributed by atoms with Gasteiger partial charge in [0, 0.05) is 0 Å². The lowest BCUT2D eigenvalue weighted by Gasteiger charge is -2.26. The Bertz CT molecular complexity index is 835. The smallest absolute Gasteiger partial charge is 0.261 e. The van der Waals surface area contributed by atoms with Crippen LogP contribution in [0.3, 0.4) is 0 Å². The highest BCUT2D eigenvalue weighted by molar-refractivity contribution is 6.09. The van der Waals surface area contributed by atoms with Crippen molar-refractivity contribution >= 4 is 29.1 Å². The third-order valence-corrected chi connectivity index (χ3v) is 3.83. The second-order valence-electron chi connectivity index (χ2n) is 5.51. The highest BCUT2D eigenvalue weighted by Crippen LogP contribution is 2.26. The quantitative estimate of drug-likeness (QED) is 0.789. The van der Waals surface area contributed by atoms with Crippen LogP contribution in [0.1, 0.15) is 16.8 Å². The van der Waals surface area contributed by atoms with Crippen molar-refractivity contribution in [3.05, 3.63) is 54.1 Å². The van der Waals surface area contributed by atoms with Gasteiger partial charge in [0.05, 0.1) is 30.5 Å². The molecule has 1 aliphatic rings. The fraction of sp³-hybridized carbons (Fsp3) is 0.167. The Balaban J connectivity index is 1.65. The first kappa shape index (κ1) is 16.5. The fourth-order valence-electron chi connectivity index (χ4n) is 2.60. The molecule has 0 aliphatic carbocycles. The number of carbonyl (C=O) groups excluding carboxylic acids is 3. The maximum Gasteiger partial charge on any atom is 0.261 e. The first-order chi connectivity index (χ1) is 12.1. The summed E-state index contributed by atoms with van der Waals surface area (Å²) < 4.78 is 5.11. The topological polar surface area (TPSA) is 96.5 Å². The van der Waals surface area contributed by atoms with Crippen LogP contribution in [0, 0.1) is 0 Å².